The van der Waals surface area contributed by atoms with E-state index >= 15 is 0 Å². The number of amides is 2. The number of hydrazone groups is 1. The molecule has 0 radical (unpaired) electrons. The molecule has 120 valence electrons. The number of aliphatic carboxylic acids is 1. The minimum Gasteiger partial charge on any atom is -0.481 e. The SMILES string of the molecule is NN=Cc1ccc(CCCCNC(=O)NCCC(=O)O)cc1. The van der Waals surface area contributed by atoms with Crippen LogP contribution in [0.5, 0.6) is 0 Å². The van der Waals surface area contributed by atoms with Gasteiger partial charge in [0.05, 0.1) is 12.6 Å². The second-order valence-corrected chi connectivity index (χ2v) is 4.80. The number of carbonyl (C=O) groups excluding carboxylic acids is 1. The van der Waals surface area contributed by atoms with Crippen LogP contribution in [0.4, 0.5) is 4.79 Å². The second-order valence-electron chi connectivity index (χ2n) is 4.80. The van der Waals surface area contributed by atoms with E-state index in [4.69, 9.17) is 10.9 Å². The molecule has 22 heavy (non-hydrogen) atoms. The number of aryl methyl sites for hydroxylation is 1. The summed E-state index contributed by atoms with van der Waals surface area (Å²) < 4.78 is 0. The summed E-state index contributed by atoms with van der Waals surface area (Å²) in [7, 11) is 0. The van der Waals surface area contributed by atoms with Crippen LogP contribution in [0.1, 0.15) is 30.4 Å². The van der Waals surface area contributed by atoms with Gasteiger partial charge in [-0.05, 0) is 30.4 Å². The lowest BCUT2D eigenvalue weighted by molar-refractivity contribution is -0.136. The Labute approximate surface area is 129 Å². The Morgan fingerprint density at radius 2 is 1.82 bits per heavy atom. The third-order valence-electron chi connectivity index (χ3n) is 3.01. The normalized spacial score (nSPS) is 10.5. The van der Waals surface area contributed by atoms with Gasteiger partial charge in [-0.15, -0.1) is 0 Å². The molecule has 7 heteroatoms. The fourth-order valence-corrected chi connectivity index (χ4v) is 1.86. The van der Waals surface area contributed by atoms with E-state index in [0.717, 1.165) is 24.8 Å². The lowest BCUT2D eigenvalue weighted by Crippen LogP contribution is -2.37. The molecule has 0 heterocycles. The summed E-state index contributed by atoms with van der Waals surface area (Å²) in [6.07, 6.45) is 4.27. The van der Waals surface area contributed by atoms with E-state index < -0.39 is 5.97 Å². The zero-order valence-corrected chi connectivity index (χ0v) is 12.4. The van der Waals surface area contributed by atoms with Crippen LogP contribution in [0.2, 0.25) is 0 Å². The summed E-state index contributed by atoms with van der Waals surface area (Å²) in [4.78, 5) is 21.6. The first-order valence-corrected chi connectivity index (χ1v) is 7.17. The number of nitrogens with zero attached hydrogens (tertiary/aromatic N) is 1. The molecule has 1 aromatic carbocycles. The first kappa shape index (κ1) is 17.5. The number of hydrogen-bond donors (Lipinski definition) is 4. The van der Waals surface area contributed by atoms with Gasteiger partial charge in [-0.3, -0.25) is 4.79 Å². The third kappa shape index (κ3) is 7.88. The van der Waals surface area contributed by atoms with Crippen LogP contribution in [0, 0.1) is 0 Å². The van der Waals surface area contributed by atoms with Crippen LogP contribution in [-0.2, 0) is 11.2 Å². The number of carbonyl (C=O) groups is 2. The number of benzene rings is 1. The van der Waals surface area contributed by atoms with Crippen molar-refractivity contribution in [1.29, 1.82) is 0 Å². The molecule has 5 N–H and O–H groups in total. The van der Waals surface area contributed by atoms with Crippen molar-refractivity contribution in [2.75, 3.05) is 13.1 Å². The van der Waals surface area contributed by atoms with Gasteiger partial charge < -0.3 is 21.6 Å². The van der Waals surface area contributed by atoms with Gasteiger partial charge in [-0.1, -0.05) is 24.3 Å². The molecule has 0 aliphatic heterocycles. The van der Waals surface area contributed by atoms with Gasteiger partial charge in [-0.2, -0.15) is 5.10 Å². The summed E-state index contributed by atoms with van der Waals surface area (Å²) in [5.41, 5.74) is 2.19. The van der Waals surface area contributed by atoms with Crippen molar-refractivity contribution in [2.45, 2.75) is 25.7 Å². The van der Waals surface area contributed by atoms with E-state index in [-0.39, 0.29) is 19.0 Å². The number of carboxylic acids is 1. The van der Waals surface area contributed by atoms with Crippen molar-refractivity contribution in [3.63, 3.8) is 0 Å². The van der Waals surface area contributed by atoms with E-state index in [1.54, 1.807) is 6.21 Å². The molecule has 2 amide bonds. The number of carboxylic acid groups (broad SMARTS) is 1. The molecular weight excluding hydrogens is 284 g/mol. The monoisotopic (exact) mass is 306 g/mol. The largest absolute Gasteiger partial charge is 0.481 e. The molecule has 1 rings (SSSR count). The number of unbranched alkanes of at least 4 members (excludes halogenated alkanes) is 1. The lowest BCUT2D eigenvalue weighted by atomic mass is 10.1. The highest BCUT2D eigenvalue weighted by Crippen LogP contribution is 2.06. The average Bonchev–Trinajstić information content (AvgIpc) is 2.48. The molecule has 0 bridgehead atoms. The highest BCUT2D eigenvalue weighted by molar-refractivity contribution is 5.79. The smallest absolute Gasteiger partial charge is 0.314 e. The second kappa shape index (κ2) is 10.2. The maximum absolute atomic E-state index is 11.3. The minimum atomic E-state index is -0.927. The summed E-state index contributed by atoms with van der Waals surface area (Å²) in [6.45, 7) is 0.705. The predicted octanol–water partition coefficient (Wildman–Crippen LogP) is 1.08. The zero-order chi connectivity index (χ0) is 16.2. The van der Waals surface area contributed by atoms with Crippen LogP contribution >= 0.6 is 0 Å². The molecule has 0 aromatic heterocycles. The molecule has 0 saturated heterocycles. The molecule has 0 spiro atoms. The molecule has 0 aliphatic rings. The molecule has 0 unspecified atom stereocenters. The van der Waals surface area contributed by atoms with Crippen molar-refractivity contribution in [1.82, 2.24) is 10.6 Å². The van der Waals surface area contributed by atoms with Crippen molar-refractivity contribution < 1.29 is 14.7 Å². The highest BCUT2D eigenvalue weighted by Gasteiger charge is 2.01. The van der Waals surface area contributed by atoms with Crippen LogP contribution in [0.15, 0.2) is 29.4 Å². The van der Waals surface area contributed by atoms with E-state index in [1.807, 2.05) is 24.3 Å². The fourth-order valence-electron chi connectivity index (χ4n) is 1.86. The Morgan fingerprint density at radius 3 is 2.45 bits per heavy atom. The number of nitrogens with two attached hydrogens (primary N) is 1. The van der Waals surface area contributed by atoms with Crippen molar-refractivity contribution in [2.24, 2.45) is 10.9 Å². The molecular formula is C15H22N4O3. The molecule has 0 atom stereocenters. The summed E-state index contributed by atoms with van der Waals surface area (Å²) in [6, 6.07) is 7.65. The van der Waals surface area contributed by atoms with Crippen molar-refractivity contribution in [3.05, 3.63) is 35.4 Å². The van der Waals surface area contributed by atoms with Gasteiger partial charge >= 0.3 is 12.0 Å². The van der Waals surface area contributed by atoms with Crippen molar-refractivity contribution >= 4 is 18.2 Å². The van der Waals surface area contributed by atoms with E-state index in [2.05, 4.69) is 15.7 Å². The Balaban J connectivity index is 2.09. The number of nitrogens with one attached hydrogen (secondary N) is 2. The third-order valence-corrected chi connectivity index (χ3v) is 3.01. The summed E-state index contributed by atoms with van der Waals surface area (Å²) in [5, 5.41) is 17.1. The van der Waals surface area contributed by atoms with E-state index in [0.29, 0.717) is 6.54 Å². The minimum absolute atomic E-state index is 0.0712. The maximum Gasteiger partial charge on any atom is 0.314 e. The Hall–Kier alpha value is -2.57. The van der Waals surface area contributed by atoms with Gasteiger partial charge in [0, 0.05) is 13.1 Å². The van der Waals surface area contributed by atoms with E-state index in [9.17, 15) is 9.59 Å². The Kier molecular flexibility index (Phi) is 8.10. The molecule has 0 aliphatic carbocycles. The summed E-state index contributed by atoms with van der Waals surface area (Å²) in [5.74, 6) is 4.16. The highest BCUT2D eigenvalue weighted by atomic mass is 16.4. The standard InChI is InChI=1S/C15H22N4O3/c16-19-11-13-6-4-12(5-7-13)3-1-2-9-17-15(22)18-10-8-14(20)21/h4-7,11H,1-3,8-10,16H2,(H,20,21)(H2,17,18,22). The molecule has 7 nitrogen and oxygen atoms in total. The van der Waals surface area contributed by atoms with Crippen LogP contribution in [0.3, 0.4) is 0 Å². The van der Waals surface area contributed by atoms with Crippen molar-refractivity contribution in [3.8, 4) is 0 Å². The van der Waals surface area contributed by atoms with Crippen LogP contribution in [-0.4, -0.2) is 36.4 Å². The van der Waals surface area contributed by atoms with Gasteiger partial charge in [0.25, 0.3) is 0 Å². The first-order valence-electron chi connectivity index (χ1n) is 7.17. The van der Waals surface area contributed by atoms with Crippen LogP contribution < -0.4 is 16.5 Å². The predicted molar refractivity (Wildman–Crippen MR) is 84.8 cm³/mol. The number of hydrogen-bond acceptors (Lipinski definition) is 4. The zero-order valence-electron chi connectivity index (χ0n) is 12.4. The lowest BCUT2D eigenvalue weighted by Gasteiger charge is -2.06. The maximum atomic E-state index is 11.3. The van der Waals surface area contributed by atoms with E-state index in [1.165, 1.54) is 5.56 Å². The summed E-state index contributed by atoms with van der Waals surface area (Å²) >= 11 is 0. The van der Waals surface area contributed by atoms with Gasteiger partial charge in [0.2, 0.25) is 0 Å². The topological polar surface area (TPSA) is 117 Å². The number of urea groups is 1. The fraction of sp³-hybridized carbons (Fsp3) is 0.400. The van der Waals surface area contributed by atoms with Gasteiger partial charge in [0.1, 0.15) is 0 Å². The van der Waals surface area contributed by atoms with Gasteiger partial charge in [0.15, 0.2) is 0 Å². The average molecular weight is 306 g/mol. The Bertz CT molecular complexity index is 500. The van der Waals surface area contributed by atoms with Gasteiger partial charge in [-0.25, -0.2) is 4.79 Å². The molecule has 1 aromatic rings. The molecule has 0 fully saturated rings. The Morgan fingerprint density at radius 1 is 1.14 bits per heavy atom. The first-order chi connectivity index (χ1) is 10.6. The van der Waals surface area contributed by atoms with Crippen LogP contribution in [0.25, 0.3) is 0 Å². The quantitative estimate of drug-likeness (QED) is 0.236. The molecule has 0 saturated carbocycles. The number of rotatable bonds is 9.